The first-order valence-corrected chi connectivity index (χ1v) is 4.04. The zero-order valence-corrected chi connectivity index (χ0v) is 7.51. The molecule has 0 spiro atoms. The van der Waals surface area contributed by atoms with Crippen molar-refractivity contribution in [2.75, 3.05) is 4.42 Å². The van der Waals surface area contributed by atoms with E-state index in [0.29, 0.717) is 12.1 Å². The van der Waals surface area contributed by atoms with Crippen LogP contribution in [0.4, 0.5) is 5.69 Å². The van der Waals surface area contributed by atoms with Crippen molar-refractivity contribution in [2.24, 2.45) is 0 Å². The molecule has 0 saturated carbocycles. The zero-order chi connectivity index (χ0) is 8.97. The van der Waals surface area contributed by atoms with Gasteiger partial charge in [-0.3, -0.25) is 4.79 Å². The van der Waals surface area contributed by atoms with Crippen LogP contribution in [-0.4, -0.2) is 5.91 Å². The molecule has 1 rings (SSSR count). The number of carbonyl (C=O) groups excluding carboxylic acids is 1. The third-order valence-electron chi connectivity index (χ3n) is 1.45. The van der Waals surface area contributed by atoms with E-state index in [9.17, 15) is 4.79 Å². The Morgan fingerprint density at radius 2 is 2.17 bits per heavy atom. The quantitative estimate of drug-likeness (QED) is 0.644. The van der Waals surface area contributed by atoms with Gasteiger partial charge in [0, 0.05) is 18.2 Å². The van der Waals surface area contributed by atoms with Gasteiger partial charge in [0.05, 0.1) is 5.69 Å². The standard InChI is InChI=1S/C9H9ClNO/c1-2-9(12)11(10)8-6-4-3-5-7-8/h4-7H,2H2,1H3. The van der Waals surface area contributed by atoms with Crippen LogP contribution in [0.5, 0.6) is 0 Å². The second kappa shape index (κ2) is 4.12. The molecule has 0 bridgehead atoms. The van der Waals surface area contributed by atoms with Crippen molar-refractivity contribution in [2.45, 2.75) is 13.3 Å². The SMILES string of the molecule is CCC(=O)N(Cl)c1cc[c]cc1. The fourth-order valence-corrected chi connectivity index (χ4v) is 1.02. The molecule has 0 atom stereocenters. The summed E-state index contributed by atoms with van der Waals surface area (Å²) in [6.07, 6.45) is 0.405. The Bertz CT molecular complexity index is 260. The Morgan fingerprint density at radius 1 is 1.58 bits per heavy atom. The third kappa shape index (κ3) is 1.98. The van der Waals surface area contributed by atoms with Gasteiger partial charge >= 0.3 is 0 Å². The molecule has 0 saturated heterocycles. The summed E-state index contributed by atoms with van der Waals surface area (Å²) in [6, 6.07) is 9.75. The van der Waals surface area contributed by atoms with Crippen molar-refractivity contribution in [3.05, 3.63) is 30.3 Å². The number of carbonyl (C=O) groups is 1. The summed E-state index contributed by atoms with van der Waals surface area (Å²) in [5.74, 6) is -0.108. The van der Waals surface area contributed by atoms with Gasteiger partial charge in [0.25, 0.3) is 0 Å². The van der Waals surface area contributed by atoms with Crippen LogP contribution in [0.2, 0.25) is 0 Å². The van der Waals surface area contributed by atoms with E-state index in [1.54, 1.807) is 31.2 Å². The maximum absolute atomic E-state index is 11.1. The lowest BCUT2D eigenvalue weighted by Gasteiger charge is -2.11. The number of anilines is 1. The molecule has 2 nitrogen and oxygen atoms in total. The van der Waals surface area contributed by atoms with Crippen LogP contribution in [-0.2, 0) is 4.79 Å². The molecule has 0 aromatic heterocycles. The van der Waals surface area contributed by atoms with Gasteiger partial charge < -0.3 is 0 Å². The number of rotatable bonds is 2. The molecule has 1 aromatic rings. The highest BCUT2D eigenvalue weighted by atomic mass is 35.5. The lowest BCUT2D eigenvalue weighted by molar-refractivity contribution is -0.117. The van der Waals surface area contributed by atoms with Gasteiger partial charge in [-0.15, -0.1) is 0 Å². The van der Waals surface area contributed by atoms with Gasteiger partial charge in [-0.1, -0.05) is 19.1 Å². The molecule has 63 valence electrons. The minimum absolute atomic E-state index is 0.108. The minimum Gasteiger partial charge on any atom is -0.273 e. The summed E-state index contributed by atoms with van der Waals surface area (Å²) in [4.78, 5) is 11.1. The molecule has 0 unspecified atom stereocenters. The van der Waals surface area contributed by atoms with E-state index in [2.05, 4.69) is 6.07 Å². The summed E-state index contributed by atoms with van der Waals surface area (Å²) < 4.78 is 1.12. The molecule has 0 aliphatic carbocycles. The number of halogens is 1. The van der Waals surface area contributed by atoms with E-state index < -0.39 is 0 Å². The Kier molecular flexibility index (Phi) is 3.11. The van der Waals surface area contributed by atoms with Crippen LogP contribution in [0.25, 0.3) is 0 Å². The smallest absolute Gasteiger partial charge is 0.241 e. The first-order chi connectivity index (χ1) is 5.75. The van der Waals surface area contributed by atoms with Gasteiger partial charge in [-0.2, -0.15) is 0 Å². The van der Waals surface area contributed by atoms with Gasteiger partial charge in [-0.05, 0) is 18.2 Å². The summed E-state index contributed by atoms with van der Waals surface area (Å²) >= 11 is 5.73. The molecule has 3 heteroatoms. The molecular formula is C9H9ClNO. The summed E-state index contributed by atoms with van der Waals surface area (Å²) in [5, 5.41) is 0. The van der Waals surface area contributed by atoms with Crippen LogP contribution >= 0.6 is 11.8 Å². The highest BCUT2D eigenvalue weighted by Gasteiger charge is 2.09. The first kappa shape index (κ1) is 9.07. The highest BCUT2D eigenvalue weighted by Crippen LogP contribution is 2.15. The molecule has 0 fully saturated rings. The fourth-order valence-electron chi connectivity index (χ4n) is 0.792. The van der Waals surface area contributed by atoms with Crippen molar-refractivity contribution in [1.82, 2.24) is 0 Å². The highest BCUT2D eigenvalue weighted by molar-refractivity contribution is 6.36. The predicted molar refractivity (Wildman–Crippen MR) is 48.9 cm³/mol. The lowest BCUT2D eigenvalue weighted by Crippen LogP contribution is -2.18. The number of hydrogen-bond acceptors (Lipinski definition) is 1. The van der Waals surface area contributed by atoms with E-state index in [1.165, 1.54) is 0 Å². The van der Waals surface area contributed by atoms with Crippen LogP contribution in [0.15, 0.2) is 24.3 Å². The fraction of sp³-hybridized carbons (Fsp3) is 0.222. The minimum atomic E-state index is -0.108. The second-order valence-corrected chi connectivity index (χ2v) is 2.62. The molecule has 1 radical (unpaired) electrons. The Hall–Kier alpha value is -1.02. The number of hydrogen-bond donors (Lipinski definition) is 0. The van der Waals surface area contributed by atoms with Crippen molar-refractivity contribution >= 4 is 23.4 Å². The van der Waals surface area contributed by atoms with E-state index in [4.69, 9.17) is 11.8 Å². The third-order valence-corrected chi connectivity index (χ3v) is 1.83. The zero-order valence-electron chi connectivity index (χ0n) is 6.75. The van der Waals surface area contributed by atoms with E-state index >= 15 is 0 Å². The Morgan fingerprint density at radius 3 is 2.67 bits per heavy atom. The van der Waals surface area contributed by atoms with Crippen molar-refractivity contribution < 1.29 is 4.79 Å². The molecular weight excluding hydrogens is 174 g/mol. The molecule has 1 aromatic carbocycles. The molecule has 0 aliphatic heterocycles. The molecule has 0 aliphatic rings. The summed E-state index contributed by atoms with van der Waals surface area (Å²) in [7, 11) is 0. The average Bonchev–Trinajstić information content (AvgIpc) is 2.17. The van der Waals surface area contributed by atoms with E-state index in [-0.39, 0.29) is 5.91 Å². The average molecular weight is 183 g/mol. The van der Waals surface area contributed by atoms with E-state index in [1.807, 2.05) is 0 Å². The number of nitrogens with zero attached hydrogens (tertiary/aromatic N) is 1. The van der Waals surface area contributed by atoms with Crippen molar-refractivity contribution in [1.29, 1.82) is 0 Å². The molecule has 0 N–H and O–H groups in total. The van der Waals surface area contributed by atoms with Crippen LogP contribution in [0, 0.1) is 6.07 Å². The normalized spacial score (nSPS) is 9.50. The molecule has 1 amide bonds. The maximum atomic E-state index is 11.1. The maximum Gasteiger partial charge on any atom is 0.241 e. The van der Waals surface area contributed by atoms with Gasteiger partial charge in [0.2, 0.25) is 5.91 Å². The predicted octanol–water partition coefficient (Wildman–Crippen LogP) is 2.38. The van der Waals surface area contributed by atoms with Crippen LogP contribution < -0.4 is 4.42 Å². The lowest BCUT2D eigenvalue weighted by atomic mass is 10.3. The van der Waals surface area contributed by atoms with Crippen molar-refractivity contribution in [3.8, 4) is 0 Å². The molecule has 0 heterocycles. The van der Waals surface area contributed by atoms with Crippen LogP contribution in [0.1, 0.15) is 13.3 Å². The number of benzene rings is 1. The monoisotopic (exact) mass is 182 g/mol. The first-order valence-electron chi connectivity index (χ1n) is 3.70. The second-order valence-electron chi connectivity index (χ2n) is 2.29. The Balaban J connectivity index is 2.78. The van der Waals surface area contributed by atoms with Gasteiger partial charge in [0.15, 0.2) is 0 Å². The summed E-state index contributed by atoms with van der Waals surface area (Å²) in [6.45, 7) is 1.77. The van der Waals surface area contributed by atoms with Gasteiger partial charge in [-0.25, -0.2) is 4.42 Å². The number of amides is 1. The molecule has 12 heavy (non-hydrogen) atoms. The van der Waals surface area contributed by atoms with Crippen LogP contribution in [0.3, 0.4) is 0 Å². The van der Waals surface area contributed by atoms with E-state index in [0.717, 1.165) is 4.42 Å². The largest absolute Gasteiger partial charge is 0.273 e. The summed E-state index contributed by atoms with van der Waals surface area (Å²) in [5.41, 5.74) is 0.683. The Labute approximate surface area is 76.9 Å². The van der Waals surface area contributed by atoms with Crippen molar-refractivity contribution in [3.63, 3.8) is 0 Å². The van der Waals surface area contributed by atoms with Gasteiger partial charge in [0.1, 0.15) is 0 Å². The topological polar surface area (TPSA) is 20.3 Å².